The van der Waals surface area contributed by atoms with E-state index >= 15 is 0 Å². The molecule has 0 aliphatic carbocycles. The highest BCUT2D eigenvalue weighted by atomic mass is 79.9. The molecule has 1 amide bonds. The normalized spacial score (nSPS) is 11.5. The topological polar surface area (TPSA) is 134 Å². The molecule has 10 nitrogen and oxygen atoms in total. The maximum atomic E-state index is 13.3. The van der Waals surface area contributed by atoms with E-state index < -0.39 is 25.7 Å². The van der Waals surface area contributed by atoms with E-state index in [1.807, 2.05) is 18.7 Å². The fourth-order valence-corrected chi connectivity index (χ4v) is 3.92. The first-order chi connectivity index (χ1) is 14.5. The Kier molecular flexibility index (Phi) is 7.79. The number of hydrogen-bond donors (Lipinski definition) is 1. The molecule has 0 aliphatic rings. The number of carbonyl (C=O) groups excluding carboxylic acids is 1. The lowest BCUT2D eigenvalue weighted by Gasteiger charge is -2.22. The molecule has 0 spiro atoms. The van der Waals surface area contributed by atoms with Crippen LogP contribution in [0.2, 0.25) is 0 Å². The summed E-state index contributed by atoms with van der Waals surface area (Å²) in [6.45, 7) is 6.75. The van der Waals surface area contributed by atoms with E-state index in [0.29, 0.717) is 11.8 Å². The van der Waals surface area contributed by atoms with Gasteiger partial charge < -0.3 is 10.2 Å². The third-order valence-corrected chi connectivity index (χ3v) is 5.58. The van der Waals surface area contributed by atoms with Crippen LogP contribution < -0.4 is 10.2 Å². The number of benzene rings is 2. The van der Waals surface area contributed by atoms with Crippen LogP contribution in [0.1, 0.15) is 20.8 Å². The zero-order valence-electron chi connectivity index (χ0n) is 16.8. The van der Waals surface area contributed by atoms with E-state index in [1.165, 1.54) is 6.92 Å². The van der Waals surface area contributed by atoms with Gasteiger partial charge in [0, 0.05) is 31.8 Å². The van der Waals surface area contributed by atoms with Crippen molar-refractivity contribution in [2.24, 2.45) is 10.2 Å². The second kappa shape index (κ2) is 9.92. The van der Waals surface area contributed by atoms with Crippen LogP contribution in [0.3, 0.4) is 0 Å². The molecule has 0 radical (unpaired) electrons. The lowest BCUT2D eigenvalue weighted by atomic mass is 10.2. The summed E-state index contributed by atoms with van der Waals surface area (Å²) in [7, 11) is -5.16. The van der Waals surface area contributed by atoms with Gasteiger partial charge in [-0.15, -0.1) is 14.1 Å². The van der Waals surface area contributed by atoms with Gasteiger partial charge in [0.25, 0.3) is 5.69 Å². The van der Waals surface area contributed by atoms with Crippen molar-refractivity contribution in [2.75, 3.05) is 23.3 Å². The van der Waals surface area contributed by atoms with Gasteiger partial charge >= 0.3 is 10.2 Å². The van der Waals surface area contributed by atoms with E-state index in [9.17, 15) is 27.2 Å². The fourth-order valence-electron chi connectivity index (χ4n) is 2.73. The highest BCUT2D eigenvalue weighted by Crippen LogP contribution is 2.40. The fraction of sp³-hybridized carbons (Fsp3) is 0.278. The van der Waals surface area contributed by atoms with Gasteiger partial charge in [-0.2, -0.15) is 8.42 Å². The number of nitro benzene ring substituents is 1. The van der Waals surface area contributed by atoms with E-state index in [-0.39, 0.29) is 21.8 Å². The second-order valence-corrected chi connectivity index (χ2v) is 8.42. The molecule has 0 fully saturated rings. The van der Waals surface area contributed by atoms with E-state index in [1.54, 1.807) is 18.2 Å². The Hall–Kier alpha value is -2.93. The highest BCUT2D eigenvalue weighted by molar-refractivity contribution is 9.10. The van der Waals surface area contributed by atoms with Crippen molar-refractivity contribution < 1.29 is 22.0 Å². The smallest absolute Gasteiger partial charge is 0.332 e. The van der Waals surface area contributed by atoms with Crippen molar-refractivity contribution >= 4 is 60.5 Å². The first kappa shape index (κ1) is 24.3. The van der Waals surface area contributed by atoms with Gasteiger partial charge in [-0.05, 0) is 54.0 Å². The van der Waals surface area contributed by atoms with Gasteiger partial charge in [0.05, 0.1) is 15.1 Å². The van der Waals surface area contributed by atoms with Crippen LogP contribution in [0.15, 0.2) is 49.9 Å². The number of azo groups is 1. The molecule has 31 heavy (non-hydrogen) atoms. The van der Waals surface area contributed by atoms with Crippen molar-refractivity contribution in [1.82, 2.24) is 0 Å². The Bertz CT molecular complexity index is 1150. The first-order valence-electron chi connectivity index (χ1n) is 8.98. The number of anilines is 2. The molecule has 1 N–H and O–H groups in total. The number of amides is 1. The van der Waals surface area contributed by atoms with Crippen molar-refractivity contribution in [3.05, 3.63) is 44.9 Å². The minimum Gasteiger partial charge on any atom is -0.372 e. The molecule has 0 atom stereocenters. The predicted molar refractivity (Wildman–Crippen MR) is 118 cm³/mol. The molecule has 2 aromatic carbocycles. The largest absolute Gasteiger partial charge is 0.372 e. The summed E-state index contributed by atoms with van der Waals surface area (Å²) in [5.74, 6) is -0.349. The van der Waals surface area contributed by atoms with Crippen LogP contribution in [0, 0.1) is 10.1 Å². The summed E-state index contributed by atoms with van der Waals surface area (Å²) in [6.07, 6.45) is 0. The molecule has 0 aromatic heterocycles. The minimum absolute atomic E-state index is 0.137. The lowest BCUT2D eigenvalue weighted by molar-refractivity contribution is -0.384. The number of nitrogens with one attached hydrogen (secondary N) is 1. The quantitative estimate of drug-likeness (QED) is 0.221. The van der Waals surface area contributed by atoms with Gasteiger partial charge in [0.1, 0.15) is 10.6 Å². The van der Waals surface area contributed by atoms with Crippen LogP contribution in [0.4, 0.5) is 32.3 Å². The summed E-state index contributed by atoms with van der Waals surface area (Å²) in [5.41, 5.74) is 0.323. The number of nitrogens with zero attached hydrogens (tertiary/aromatic N) is 4. The zero-order chi connectivity index (χ0) is 23.3. The maximum absolute atomic E-state index is 13.3. The van der Waals surface area contributed by atoms with Crippen LogP contribution in [-0.4, -0.2) is 32.3 Å². The van der Waals surface area contributed by atoms with Gasteiger partial charge in [-0.3, -0.25) is 14.9 Å². The number of halogens is 2. The summed E-state index contributed by atoms with van der Waals surface area (Å²) in [5, 5.41) is 21.9. The van der Waals surface area contributed by atoms with Crippen molar-refractivity contribution in [3.8, 4) is 0 Å². The van der Waals surface area contributed by atoms with Gasteiger partial charge in [0.15, 0.2) is 5.69 Å². The summed E-state index contributed by atoms with van der Waals surface area (Å²) in [4.78, 5) is 23.2. The Balaban J connectivity index is 2.58. The lowest BCUT2D eigenvalue weighted by Crippen LogP contribution is -2.21. The molecule has 2 aromatic rings. The number of nitro groups is 1. The number of carbonyl (C=O) groups is 1. The Morgan fingerprint density at radius 3 is 2.39 bits per heavy atom. The van der Waals surface area contributed by atoms with Crippen LogP contribution in [0.25, 0.3) is 0 Å². The van der Waals surface area contributed by atoms with Gasteiger partial charge in [-0.1, -0.05) is 0 Å². The molecule has 0 saturated heterocycles. The minimum atomic E-state index is -5.16. The highest BCUT2D eigenvalue weighted by Gasteiger charge is 2.24. The number of hydrogen-bond acceptors (Lipinski definition) is 8. The molecular weight excluding hydrogens is 497 g/mol. The molecule has 2 rings (SSSR count). The van der Waals surface area contributed by atoms with Crippen LogP contribution >= 0.6 is 15.9 Å². The van der Waals surface area contributed by atoms with E-state index in [2.05, 4.69) is 31.5 Å². The molecule has 0 aliphatic heterocycles. The third-order valence-electron chi connectivity index (χ3n) is 4.17. The maximum Gasteiger partial charge on any atom is 0.332 e. The first-order valence-corrected chi connectivity index (χ1v) is 11.2. The van der Waals surface area contributed by atoms with E-state index in [0.717, 1.165) is 24.8 Å². The SMILES string of the molecule is CCN(CC)c1ccc(N=Nc2c(Br)cc(S(=O)(=O)F)cc2[N+](=O)[O-])c(NC(C)=O)c1. The summed E-state index contributed by atoms with van der Waals surface area (Å²) >= 11 is 2.97. The van der Waals surface area contributed by atoms with Crippen LogP contribution in [0.5, 0.6) is 0 Å². The average molecular weight is 516 g/mol. The number of rotatable bonds is 8. The van der Waals surface area contributed by atoms with Crippen molar-refractivity contribution in [2.45, 2.75) is 25.7 Å². The monoisotopic (exact) mass is 515 g/mol. The van der Waals surface area contributed by atoms with Gasteiger partial charge in [-0.25, -0.2) is 0 Å². The molecule has 166 valence electrons. The second-order valence-electron chi connectivity index (χ2n) is 6.22. The molecule has 0 saturated carbocycles. The Labute approximate surface area is 186 Å². The van der Waals surface area contributed by atoms with Crippen molar-refractivity contribution in [1.29, 1.82) is 0 Å². The Morgan fingerprint density at radius 1 is 1.23 bits per heavy atom. The summed E-state index contributed by atoms with van der Waals surface area (Å²) < 4.78 is 35.4. The third kappa shape index (κ3) is 6.04. The zero-order valence-corrected chi connectivity index (χ0v) is 19.2. The molecule has 0 unspecified atom stereocenters. The molecule has 13 heteroatoms. The van der Waals surface area contributed by atoms with E-state index in [4.69, 9.17) is 0 Å². The summed E-state index contributed by atoms with van der Waals surface area (Å²) in [6, 6.07) is 6.46. The van der Waals surface area contributed by atoms with Crippen molar-refractivity contribution in [3.63, 3.8) is 0 Å². The predicted octanol–water partition coefficient (Wildman–Crippen LogP) is 5.24. The molecule has 0 bridgehead atoms. The standard InChI is InChI=1S/C18H19BrFN5O5S/c1-4-24(5-2)12-6-7-15(16(8-12)21-11(3)26)22-23-18-14(19)9-13(31(20,29)30)10-17(18)25(27)28/h6-10H,4-5H2,1-3H3,(H,21,26). The Morgan fingerprint density at radius 2 is 1.87 bits per heavy atom. The average Bonchev–Trinajstić information content (AvgIpc) is 2.67. The van der Waals surface area contributed by atoms with Crippen LogP contribution in [-0.2, 0) is 15.0 Å². The van der Waals surface area contributed by atoms with Gasteiger partial charge in [0.2, 0.25) is 5.91 Å². The molecule has 0 heterocycles. The molecular formula is C18H19BrFN5O5S.